The van der Waals surface area contributed by atoms with Crippen LogP contribution in [0.5, 0.6) is 0 Å². The second kappa shape index (κ2) is 5.68. The maximum atomic E-state index is 11.7. The predicted molar refractivity (Wildman–Crippen MR) is 84.2 cm³/mol. The molecule has 2 heterocycles. The zero-order valence-corrected chi connectivity index (χ0v) is 13.1. The molecule has 1 aromatic heterocycles. The standard InChI is InChI=1S/C17H19N3O3/c1-11-5-6-12(9-11)15-18-16(23-19-15)13-3-2-4-14(10-13)20-7-8-22-17(20)21/h2-4,10-12H,5-9H2,1H3. The summed E-state index contributed by atoms with van der Waals surface area (Å²) in [5.41, 5.74) is 1.62. The van der Waals surface area contributed by atoms with Crippen molar-refractivity contribution in [3.8, 4) is 11.5 Å². The van der Waals surface area contributed by atoms with E-state index in [1.54, 1.807) is 4.90 Å². The van der Waals surface area contributed by atoms with Crippen molar-refractivity contribution in [2.45, 2.75) is 32.1 Å². The number of rotatable bonds is 3. The van der Waals surface area contributed by atoms with E-state index in [1.165, 1.54) is 6.42 Å². The first kappa shape index (κ1) is 14.2. The van der Waals surface area contributed by atoms with Gasteiger partial charge in [-0.25, -0.2) is 4.79 Å². The Morgan fingerprint density at radius 2 is 2.22 bits per heavy atom. The van der Waals surface area contributed by atoms with E-state index < -0.39 is 0 Å². The molecular weight excluding hydrogens is 294 g/mol. The molecule has 1 aromatic carbocycles. The van der Waals surface area contributed by atoms with Gasteiger partial charge in [0.25, 0.3) is 5.89 Å². The van der Waals surface area contributed by atoms with Crippen LogP contribution in [0.1, 0.15) is 37.9 Å². The van der Waals surface area contributed by atoms with Crippen molar-refractivity contribution < 1.29 is 14.1 Å². The third-order valence-electron chi connectivity index (χ3n) is 4.67. The van der Waals surface area contributed by atoms with Crippen molar-refractivity contribution in [3.05, 3.63) is 30.1 Å². The number of carbonyl (C=O) groups excluding carboxylic acids is 1. The fourth-order valence-corrected chi connectivity index (χ4v) is 3.39. The van der Waals surface area contributed by atoms with Crippen LogP contribution in [-0.4, -0.2) is 29.4 Å². The van der Waals surface area contributed by atoms with Crippen LogP contribution in [0.2, 0.25) is 0 Å². The zero-order chi connectivity index (χ0) is 15.8. The third-order valence-corrected chi connectivity index (χ3v) is 4.67. The van der Waals surface area contributed by atoms with Gasteiger partial charge in [0.05, 0.1) is 6.54 Å². The fourth-order valence-electron chi connectivity index (χ4n) is 3.39. The molecule has 0 radical (unpaired) electrons. The van der Waals surface area contributed by atoms with E-state index in [0.29, 0.717) is 25.0 Å². The smallest absolute Gasteiger partial charge is 0.414 e. The quantitative estimate of drug-likeness (QED) is 0.866. The van der Waals surface area contributed by atoms with E-state index in [0.717, 1.165) is 35.8 Å². The first-order valence-corrected chi connectivity index (χ1v) is 8.09. The number of hydrogen-bond donors (Lipinski definition) is 0. The maximum absolute atomic E-state index is 11.7. The molecule has 1 saturated heterocycles. The number of nitrogens with zero attached hydrogens (tertiary/aromatic N) is 3. The van der Waals surface area contributed by atoms with Crippen LogP contribution < -0.4 is 4.90 Å². The molecule has 2 unspecified atom stereocenters. The first-order chi connectivity index (χ1) is 11.2. The SMILES string of the molecule is CC1CCC(c2noc(-c3cccc(N4CCOC4=O)c3)n2)C1. The van der Waals surface area contributed by atoms with Gasteiger partial charge in [0, 0.05) is 17.2 Å². The molecule has 2 atom stereocenters. The van der Waals surface area contributed by atoms with Gasteiger partial charge in [-0.2, -0.15) is 4.98 Å². The topological polar surface area (TPSA) is 68.5 Å². The number of aromatic nitrogens is 2. The number of amides is 1. The minimum Gasteiger partial charge on any atom is -0.447 e. The number of anilines is 1. The summed E-state index contributed by atoms with van der Waals surface area (Å²) in [7, 11) is 0. The third kappa shape index (κ3) is 2.69. The Morgan fingerprint density at radius 3 is 2.96 bits per heavy atom. The van der Waals surface area contributed by atoms with Crippen molar-refractivity contribution in [3.63, 3.8) is 0 Å². The van der Waals surface area contributed by atoms with Gasteiger partial charge in [0.15, 0.2) is 5.82 Å². The van der Waals surface area contributed by atoms with E-state index in [-0.39, 0.29) is 6.09 Å². The van der Waals surface area contributed by atoms with Gasteiger partial charge in [-0.1, -0.05) is 18.1 Å². The molecular formula is C17H19N3O3. The van der Waals surface area contributed by atoms with Crippen molar-refractivity contribution in [1.82, 2.24) is 10.1 Å². The Bertz CT molecular complexity index is 727. The minimum absolute atomic E-state index is 0.312. The molecule has 0 N–H and O–H groups in total. The van der Waals surface area contributed by atoms with Crippen LogP contribution in [0.4, 0.5) is 10.5 Å². The van der Waals surface area contributed by atoms with Gasteiger partial charge in [-0.15, -0.1) is 0 Å². The number of carbonyl (C=O) groups is 1. The summed E-state index contributed by atoms with van der Waals surface area (Å²) in [5, 5.41) is 4.16. The van der Waals surface area contributed by atoms with Crippen molar-refractivity contribution in [2.75, 3.05) is 18.1 Å². The van der Waals surface area contributed by atoms with E-state index in [1.807, 2.05) is 24.3 Å². The molecule has 2 aromatic rings. The van der Waals surface area contributed by atoms with Crippen LogP contribution in [0.25, 0.3) is 11.5 Å². The van der Waals surface area contributed by atoms with Gasteiger partial charge < -0.3 is 9.26 Å². The van der Waals surface area contributed by atoms with Gasteiger partial charge >= 0.3 is 6.09 Å². The molecule has 4 rings (SSSR count). The Balaban J connectivity index is 1.58. The highest BCUT2D eigenvalue weighted by Crippen LogP contribution is 2.37. The lowest BCUT2D eigenvalue weighted by Crippen LogP contribution is -2.23. The second-order valence-electron chi connectivity index (χ2n) is 6.39. The van der Waals surface area contributed by atoms with E-state index >= 15 is 0 Å². The number of ether oxygens (including phenoxy) is 1. The molecule has 1 aliphatic carbocycles. The molecule has 0 spiro atoms. The molecule has 2 aliphatic rings. The Hall–Kier alpha value is -2.37. The largest absolute Gasteiger partial charge is 0.447 e. The maximum Gasteiger partial charge on any atom is 0.414 e. The monoisotopic (exact) mass is 313 g/mol. The van der Waals surface area contributed by atoms with Crippen LogP contribution >= 0.6 is 0 Å². The molecule has 120 valence electrons. The highest BCUT2D eigenvalue weighted by Gasteiger charge is 2.27. The highest BCUT2D eigenvalue weighted by atomic mass is 16.6. The summed E-state index contributed by atoms with van der Waals surface area (Å²) in [6.45, 7) is 3.25. The Labute approximate surface area is 134 Å². The minimum atomic E-state index is -0.312. The number of cyclic esters (lactones) is 1. The fraction of sp³-hybridized carbons (Fsp3) is 0.471. The summed E-state index contributed by atoms with van der Waals surface area (Å²) in [6, 6.07) is 7.57. The average molecular weight is 313 g/mol. The summed E-state index contributed by atoms with van der Waals surface area (Å²) >= 11 is 0. The van der Waals surface area contributed by atoms with Gasteiger partial charge in [0.2, 0.25) is 0 Å². The van der Waals surface area contributed by atoms with Crippen molar-refractivity contribution in [2.24, 2.45) is 5.92 Å². The Kier molecular flexibility index (Phi) is 3.52. The molecule has 6 nitrogen and oxygen atoms in total. The molecule has 1 saturated carbocycles. The molecule has 1 aliphatic heterocycles. The molecule has 6 heteroatoms. The lowest BCUT2D eigenvalue weighted by Gasteiger charge is -2.12. The lowest BCUT2D eigenvalue weighted by molar-refractivity contribution is 0.181. The van der Waals surface area contributed by atoms with Crippen LogP contribution in [0, 0.1) is 5.92 Å². The summed E-state index contributed by atoms with van der Waals surface area (Å²) in [4.78, 5) is 17.9. The van der Waals surface area contributed by atoms with Gasteiger partial charge in [0.1, 0.15) is 6.61 Å². The van der Waals surface area contributed by atoms with E-state index in [9.17, 15) is 4.79 Å². The van der Waals surface area contributed by atoms with Gasteiger partial charge in [-0.05, 0) is 43.4 Å². The molecule has 2 fully saturated rings. The number of hydrogen-bond acceptors (Lipinski definition) is 5. The lowest BCUT2D eigenvalue weighted by atomic mass is 10.1. The first-order valence-electron chi connectivity index (χ1n) is 8.09. The zero-order valence-electron chi connectivity index (χ0n) is 13.1. The highest BCUT2D eigenvalue weighted by molar-refractivity contribution is 5.90. The summed E-state index contributed by atoms with van der Waals surface area (Å²) < 4.78 is 10.4. The normalized spacial score (nSPS) is 24.2. The van der Waals surface area contributed by atoms with Crippen LogP contribution in [0.3, 0.4) is 0 Å². The second-order valence-corrected chi connectivity index (χ2v) is 6.39. The van der Waals surface area contributed by atoms with Crippen molar-refractivity contribution >= 4 is 11.8 Å². The van der Waals surface area contributed by atoms with Gasteiger partial charge in [-0.3, -0.25) is 4.90 Å². The summed E-state index contributed by atoms with van der Waals surface area (Å²) in [6.07, 6.45) is 3.16. The van der Waals surface area contributed by atoms with Crippen LogP contribution in [-0.2, 0) is 4.74 Å². The molecule has 23 heavy (non-hydrogen) atoms. The van der Waals surface area contributed by atoms with E-state index in [4.69, 9.17) is 9.26 Å². The average Bonchev–Trinajstić information content (AvgIpc) is 3.27. The van der Waals surface area contributed by atoms with E-state index in [2.05, 4.69) is 17.1 Å². The predicted octanol–water partition coefficient (Wildman–Crippen LogP) is 3.60. The van der Waals surface area contributed by atoms with Crippen LogP contribution in [0.15, 0.2) is 28.8 Å². The molecule has 0 bridgehead atoms. The van der Waals surface area contributed by atoms with Crippen molar-refractivity contribution in [1.29, 1.82) is 0 Å². The summed E-state index contributed by atoms with van der Waals surface area (Å²) in [5.74, 6) is 2.44. The number of benzene rings is 1. The Morgan fingerprint density at radius 1 is 1.30 bits per heavy atom. The molecule has 1 amide bonds.